The Morgan fingerprint density at radius 2 is 2.11 bits per heavy atom. The van der Waals surface area contributed by atoms with Crippen molar-refractivity contribution in [2.24, 2.45) is 0 Å². The Bertz CT molecular complexity index is 393. The molecule has 0 aliphatic rings. The average Bonchev–Trinajstić information content (AvgIpc) is 2.37. The van der Waals surface area contributed by atoms with Gasteiger partial charge < -0.3 is 14.2 Å². The molecule has 1 aromatic rings. The summed E-state index contributed by atoms with van der Waals surface area (Å²) in [5, 5.41) is 0. The predicted molar refractivity (Wildman–Crippen MR) is 72.1 cm³/mol. The fraction of sp³-hybridized carbons (Fsp3) is 0.462. The highest BCUT2D eigenvalue weighted by molar-refractivity contribution is 9.10. The van der Waals surface area contributed by atoms with E-state index in [2.05, 4.69) is 15.9 Å². The molecule has 0 spiro atoms. The number of hydrogen-bond acceptors (Lipinski definition) is 4. The third kappa shape index (κ3) is 4.66. The lowest BCUT2D eigenvalue weighted by Crippen LogP contribution is -2.06. The molecule has 0 saturated heterocycles. The summed E-state index contributed by atoms with van der Waals surface area (Å²) in [5.41, 5.74) is 0.488. The van der Waals surface area contributed by atoms with Gasteiger partial charge in [0.15, 0.2) is 0 Å². The van der Waals surface area contributed by atoms with E-state index in [4.69, 9.17) is 14.2 Å². The van der Waals surface area contributed by atoms with E-state index in [0.29, 0.717) is 31.1 Å². The van der Waals surface area contributed by atoms with E-state index in [9.17, 15) is 4.79 Å². The maximum absolute atomic E-state index is 11.6. The second kappa shape index (κ2) is 8.11. The zero-order valence-corrected chi connectivity index (χ0v) is 12.2. The molecule has 5 heteroatoms. The van der Waals surface area contributed by atoms with Crippen molar-refractivity contribution in [3.8, 4) is 5.75 Å². The summed E-state index contributed by atoms with van der Waals surface area (Å²) >= 11 is 3.38. The molecule has 0 atom stereocenters. The Morgan fingerprint density at radius 1 is 1.33 bits per heavy atom. The molecule has 1 aromatic carbocycles. The molecule has 0 aliphatic heterocycles. The summed E-state index contributed by atoms with van der Waals surface area (Å²) in [4.78, 5) is 11.6. The van der Waals surface area contributed by atoms with Crippen LogP contribution in [0.15, 0.2) is 22.7 Å². The van der Waals surface area contributed by atoms with Gasteiger partial charge in [-0.15, -0.1) is 0 Å². The van der Waals surface area contributed by atoms with Gasteiger partial charge in [0.05, 0.1) is 23.2 Å². The topological polar surface area (TPSA) is 44.8 Å². The molecule has 0 fully saturated rings. The lowest BCUT2D eigenvalue weighted by molar-refractivity contribution is 0.0525. The summed E-state index contributed by atoms with van der Waals surface area (Å²) in [6, 6.07) is 5.15. The van der Waals surface area contributed by atoms with Gasteiger partial charge in [-0.1, -0.05) is 0 Å². The van der Waals surface area contributed by atoms with Crippen LogP contribution in [-0.4, -0.2) is 32.9 Å². The van der Waals surface area contributed by atoms with Crippen molar-refractivity contribution in [1.29, 1.82) is 0 Å². The van der Waals surface area contributed by atoms with E-state index in [0.717, 1.165) is 10.9 Å². The lowest BCUT2D eigenvalue weighted by Gasteiger charge is -2.09. The van der Waals surface area contributed by atoms with Gasteiger partial charge in [0.25, 0.3) is 0 Å². The van der Waals surface area contributed by atoms with Crippen molar-refractivity contribution < 1.29 is 19.0 Å². The Balaban J connectivity index is 2.66. The van der Waals surface area contributed by atoms with E-state index in [1.807, 2.05) is 0 Å². The number of benzene rings is 1. The van der Waals surface area contributed by atoms with Gasteiger partial charge in [-0.2, -0.15) is 0 Å². The number of esters is 1. The van der Waals surface area contributed by atoms with Crippen LogP contribution in [0.2, 0.25) is 0 Å². The molecular weight excluding hydrogens is 300 g/mol. The normalized spacial score (nSPS) is 10.2. The second-order valence-electron chi connectivity index (χ2n) is 3.56. The fourth-order valence-electron chi connectivity index (χ4n) is 1.34. The quantitative estimate of drug-likeness (QED) is 0.573. The first kappa shape index (κ1) is 15.0. The molecule has 0 N–H and O–H groups in total. The van der Waals surface area contributed by atoms with E-state index in [1.165, 1.54) is 0 Å². The number of carbonyl (C=O) groups is 1. The number of halogens is 1. The van der Waals surface area contributed by atoms with Crippen molar-refractivity contribution in [1.82, 2.24) is 0 Å². The van der Waals surface area contributed by atoms with Gasteiger partial charge >= 0.3 is 5.97 Å². The molecule has 0 amide bonds. The number of ether oxygens (including phenoxy) is 3. The fourth-order valence-corrected chi connectivity index (χ4v) is 1.70. The number of hydrogen-bond donors (Lipinski definition) is 0. The van der Waals surface area contributed by atoms with E-state index in [-0.39, 0.29) is 5.97 Å². The molecule has 0 unspecified atom stereocenters. The van der Waals surface area contributed by atoms with Crippen LogP contribution in [-0.2, 0) is 9.47 Å². The molecule has 18 heavy (non-hydrogen) atoms. The first-order valence-electron chi connectivity index (χ1n) is 5.77. The zero-order chi connectivity index (χ0) is 13.4. The Labute approximate surface area is 115 Å². The van der Waals surface area contributed by atoms with Gasteiger partial charge in [0, 0.05) is 20.1 Å². The first-order chi connectivity index (χ1) is 8.69. The molecule has 0 bridgehead atoms. The average molecular weight is 317 g/mol. The molecule has 100 valence electrons. The van der Waals surface area contributed by atoms with Gasteiger partial charge in [-0.05, 0) is 41.1 Å². The van der Waals surface area contributed by atoms with Crippen LogP contribution in [0.5, 0.6) is 5.75 Å². The minimum absolute atomic E-state index is 0.341. The molecule has 0 radical (unpaired) electrons. The van der Waals surface area contributed by atoms with E-state index in [1.54, 1.807) is 32.2 Å². The molecule has 4 nitrogen and oxygen atoms in total. The highest BCUT2D eigenvalue weighted by Gasteiger charge is 2.10. The standard InChI is InChI=1S/C13H17BrO4/c1-3-17-13(15)10-5-6-11(14)12(9-10)18-8-4-7-16-2/h5-6,9H,3-4,7-8H2,1-2H3. The summed E-state index contributed by atoms with van der Waals surface area (Å²) in [7, 11) is 1.65. The lowest BCUT2D eigenvalue weighted by atomic mass is 10.2. The maximum Gasteiger partial charge on any atom is 0.338 e. The van der Waals surface area contributed by atoms with Crippen LogP contribution in [0, 0.1) is 0 Å². The molecule has 0 saturated carbocycles. The van der Waals surface area contributed by atoms with Crippen molar-refractivity contribution >= 4 is 21.9 Å². The molecule has 0 heterocycles. The van der Waals surface area contributed by atoms with Gasteiger partial charge in [0.1, 0.15) is 5.75 Å². The van der Waals surface area contributed by atoms with E-state index < -0.39 is 0 Å². The second-order valence-corrected chi connectivity index (χ2v) is 4.41. The summed E-state index contributed by atoms with van der Waals surface area (Å²) in [6.45, 7) is 3.33. The molecular formula is C13H17BrO4. The van der Waals surface area contributed by atoms with E-state index >= 15 is 0 Å². The number of methoxy groups -OCH3 is 1. The van der Waals surface area contributed by atoms with Crippen molar-refractivity contribution in [2.75, 3.05) is 26.9 Å². The van der Waals surface area contributed by atoms with Crippen molar-refractivity contribution in [3.05, 3.63) is 28.2 Å². The highest BCUT2D eigenvalue weighted by atomic mass is 79.9. The summed E-state index contributed by atoms with van der Waals surface area (Å²) in [5.74, 6) is 0.295. The van der Waals surface area contributed by atoms with Gasteiger partial charge in [-0.3, -0.25) is 0 Å². The number of carbonyl (C=O) groups excluding carboxylic acids is 1. The van der Waals surface area contributed by atoms with Crippen LogP contribution in [0.1, 0.15) is 23.7 Å². The summed E-state index contributed by atoms with van der Waals surface area (Å²) in [6.07, 6.45) is 0.798. The third-order valence-corrected chi connectivity index (χ3v) is 2.85. The Hall–Kier alpha value is -1.07. The maximum atomic E-state index is 11.6. The third-order valence-electron chi connectivity index (χ3n) is 2.19. The van der Waals surface area contributed by atoms with Crippen molar-refractivity contribution in [2.45, 2.75) is 13.3 Å². The van der Waals surface area contributed by atoms with Crippen LogP contribution < -0.4 is 4.74 Å². The zero-order valence-electron chi connectivity index (χ0n) is 10.6. The predicted octanol–water partition coefficient (Wildman–Crippen LogP) is 3.04. The molecule has 0 aliphatic carbocycles. The highest BCUT2D eigenvalue weighted by Crippen LogP contribution is 2.26. The molecule has 1 rings (SSSR count). The smallest absolute Gasteiger partial charge is 0.338 e. The minimum atomic E-state index is -0.341. The van der Waals surface area contributed by atoms with Crippen LogP contribution in [0.25, 0.3) is 0 Å². The van der Waals surface area contributed by atoms with Crippen LogP contribution in [0.4, 0.5) is 0 Å². The summed E-state index contributed by atoms with van der Waals surface area (Å²) < 4.78 is 16.3. The SMILES string of the molecule is CCOC(=O)c1ccc(Br)c(OCCCOC)c1. The van der Waals surface area contributed by atoms with Crippen molar-refractivity contribution in [3.63, 3.8) is 0 Å². The van der Waals surface area contributed by atoms with Crippen LogP contribution in [0.3, 0.4) is 0 Å². The minimum Gasteiger partial charge on any atom is -0.492 e. The Kier molecular flexibility index (Phi) is 6.75. The number of rotatable bonds is 7. The van der Waals surface area contributed by atoms with Gasteiger partial charge in [-0.25, -0.2) is 4.79 Å². The monoisotopic (exact) mass is 316 g/mol. The van der Waals surface area contributed by atoms with Crippen LogP contribution >= 0.6 is 15.9 Å². The first-order valence-corrected chi connectivity index (χ1v) is 6.56. The van der Waals surface area contributed by atoms with Gasteiger partial charge in [0.2, 0.25) is 0 Å². The Morgan fingerprint density at radius 3 is 2.78 bits per heavy atom. The largest absolute Gasteiger partial charge is 0.492 e. The molecule has 0 aromatic heterocycles.